The second kappa shape index (κ2) is 7.90. The van der Waals surface area contributed by atoms with Crippen LogP contribution in [0.5, 0.6) is 0 Å². The average molecular weight is 338 g/mol. The number of hydrogen-bond donors (Lipinski definition) is 3. The highest BCUT2D eigenvalue weighted by atomic mass is 16.2. The summed E-state index contributed by atoms with van der Waals surface area (Å²) in [4.78, 5) is 28.3. The predicted molar refractivity (Wildman–Crippen MR) is 96.0 cm³/mol. The van der Waals surface area contributed by atoms with Gasteiger partial charge in [-0.2, -0.15) is 0 Å². The summed E-state index contributed by atoms with van der Waals surface area (Å²) in [7, 11) is 0. The fraction of sp³-hybridized carbons (Fsp3) is 0.316. The molecule has 0 aliphatic carbocycles. The second-order valence-electron chi connectivity index (χ2n) is 6.32. The first-order chi connectivity index (χ1) is 12.1. The van der Waals surface area contributed by atoms with Gasteiger partial charge in [-0.3, -0.25) is 14.6 Å². The van der Waals surface area contributed by atoms with Crippen molar-refractivity contribution >= 4 is 17.5 Å². The first kappa shape index (κ1) is 17.1. The summed E-state index contributed by atoms with van der Waals surface area (Å²) in [6, 6.07) is 10.8. The van der Waals surface area contributed by atoms with E-state index in [2.05, 4.69) is 20.9 Å². The normalized spacial score (nSPS) is 15.1. The summed E-state index contributed by atoms with van der Waals surface area (Å²) in [5.74, 6) is 0.314. The maximum absolute atomic E-state index is 12.2. The first-order valence-electron chi connectivity index (χ1n) is 8.42. The van der Waals surface area contributed by atoms with Crippen LogP contribution in [0.2, 0.25) is 0 Å². The van der Waals surface area contributed by atoms with E-state index in [1.165, 1.54) is 0 Å². The van der Waals surface area contributed by atoms with E-state index < -0.39 is 0 Å². The van der Waals surface area contributed by atoms with E-state index in [1.54, 1.807) is 24.5 Å². The van der Waals surface area contributed by atoms with Gasteiger partial charge in [-0.15, -0.1) is 0 Å². The number of aromatic nitrogens is 1. The van der Waals surface area contributed by atoms with Gasteiger partial charge in [0, 0.05) is 36.1 Å². The van der Waals surface area contributed by atoms with Crippen LogP contribution >= 0.6 is 0 Å². The van der Waals surface area contributed by atoms with Gasteiger partial charge in [-0.25, -0.2) is 0 Å². The minimum Gasteiger partial charge on any atom is -0.352 e. The molecule has 6 heteroatoms. The smallest absolute Gasteiger partial charge is 0.255 e. The Morgan fingerprint density at radius 3 is 2.68 bits per heavy atom. The van der Waals surface area contributed by atoms with Crippen LogP contribution in [0.3, 0.4) is 0 Å². The Hall–Kier alpha value is -2.73. The number of amides is 2. The molecule has 1 saturated heterocycles. The van der Waals surface area contributed by atoms with Crippen molar-refractivity contribution in [2.45, 2.75) is 13.5 Å². The quantitative estimate of drug-likeness (QED) is 0.750. The van der Waals surface area contributed by atoms with E-state index in [-0.39, 0.29) is 17.7 Å². The maximum Gasteiger partial charge on any atom is 0.255 e. The van der Waals surface area contributed by atoms with Gasteiger partial charge in [0.2, 0.25) is 5.91 Å². The third kappa shape index (κ3) is 4.42. The molecule has 1 aliphatic rings. The lowest BCUT2D eigenvalue weighted by atomic mass is 9.88. The Morgan fingerprint density at radius 2 is 2.00 bits per heavy atom. The molecule has 0 saturated carbocycles. The maximum atomic E-state index is 12.2. The molecule has 2 amide bonds. The van der Waals surface area contributed by atoms with Gasteiger partial charge in [0.1, 0.15) is 0 Å². The number of anilines is 1. The molecule has 1 fully saturated rings. The molecule has 1 unspecified atom stereocenters. The van der Waals surface area contributed by atoms with Crippen molar-refractivity contribution in [3.05, 3.63) is 59.9 Å². The molecule has 3 N–H and O–H groups in total. The minimum absolute atomic E-state index is 0.0100. The average Bonchev–Trinajstić information content (AvgIpc) is 2.59. The third-order valence-electron chi connectivity index (χ3n) is 4.53. The Bertz CT molecular complexity index is 744. The molecule has 2 heterocycles. The van der Waals surface area contributed by atoms with Gasteiger partial charge < -0.3 is 16.0 Å². The van der Waals surface area contributed by atoms with E-state index in [0.29, 0.717) is 23.7 Å². The van der Waals surface area contributed by atoms with Crippen molar-refractivity contribution < 1.29 is 9.59 Å². The number of carbonyl (C=O) groups is 2. The Balaban J connectivity index is 1.56. The van der Waals surface area contributed by atoms with E-state index in [9.17, 15) is 9.59 Å². The highest BCUT2D eigenvalue weighted by Gasteiger charge is 2.28. The number of hydrogen-bond acceptors (Lipinski definition) is 4. The van der Waals surface area contributed by atoms with Crippen LogP contribution in [0.15, 0.2) is 48.8 Å². The molecule has 130 valence electrons. The fourth-order valence-electron chi connectivity index (χ4n) is 2.69. The standard InChI is InChI=1S/C19H22N4O2/c1-13(16-11-21-12-16)18(24)22-10-14-3-2-4-17(9-14)23-19(25)15-5-7-20-8-6-15/h2-9,13,16,21H,10-12H2,1H3,(H,22,24)(H,23,25). The summed E-state index contributed by atoms with van der Waals surface area (Å²) in [5, 5.41) is 9.02. The summed E-state index contributed by atoms with van der Waals surface area (Å²) in [5.41, 5.74) is 2.20. The van der Waals surface area contributed by atoms with Gasteiger partial charge in [0.15, 0.2) is 0 Å². The van der Waals surface area contributed by atoms with Crippen LogP contribution in [0.1, 0.15) is 22.8 Å². The minimum atomic E-state index is -0.185. The highest BCUT2D eigenvalue weighted by molar-refractivity contribution is 6.04. The summed E-state index contributed by atoms with van der Waals surface area (Å²) in [6.07, 6.45) is 3.17. The zero-order valence-electron chi connectivity index (χ0n) is 14.2. The molecular formula is C19H22N4O2. The molecule has 1 aromatic heterocycles. The first-order valence-corrected chi connectivity index (χ1v) is 8.42. The Morgan fingerprint density at radius 1 is 1.24 bits per heavy atom. The molecule has 2 aromatic rings. The van der Waals surface area contributed by atoms with Crippen LogP contribution in [-0.2, 0) is 11.3 Å². The van der Waals surface area contributed by atoms with Gasteiger partial charge in [0.05, 0.1) is 0 Å². The molecule has 1 aromatic carbocycles. The molecule has 3 rings (SSSR count). The number of nitrogens with one attached hydrogen (secondary N) is 3. The molecule has 25 heavy (non-hydrogen) atoms. The summed E-state index contributed by atoms with van der Waals surface area (Å²) >= 11 is 0. The predicted octanol–water partition coefficient (Wildman–Crippen LogP) is 1.81. The molecule has 1 atom stereocenters. The lowest BCUT2D eigenvalue weighted by molar-refractivity contribution is -0.126. The number of nitrogens with zero attached hydrogens (tertiary/aromatic N) is 1. The van der Waals surface area contributed by atoms with Gasteiger partial charge in [-0.1, -0.05) is 19.1 Å². The van der Waals surface area contributed by atoms with E-state index in [0.717, 1.165) is 18.7 Å². The van der Waals surface area contributed by atoms with Crippen molar-refractivity contribution in [2.24, 2.45) is 11.8 Å². The van der Waals surface area contributed by atoms with Crippen LogP contribution in [0, 0.1) is 11.8 Å². The Kier molecular flexibility index (Phi) is 5.40. The number of carbonyl (C=O) groups excluding carboxylic acids is 2. The van der Waals surface area contributed by atoms with E-state index in [1.807, 2.05) is 31.2 Å². The molecule has 0 spiro atoms. The second-order valence-corrected chi connectivity index (χ2v) is 6.32. The van der Waals surface area contributed by atoms with Crippen molar-refractivity contribution in [2.75, 3.05) is 18.4 Å². The monoisotopic (exact) mass is 338 g/mol. The molecular weight excluding hydrogens is 316 g/mol. The van der Waals surface area contributed by atoms with Crippen molar-refractivity contribution in [3.8, 4) is 0 Å². The van der Waals surface area contributed by atoms with E-state index in [4.69, 9.17) is 0 Å². The van der Waals surface area contributed by atoms with Crippen molar-refractivity contribution in [1.29, 1.82) is 0 Å². The summed E-state index contributed by atoms with van der Waals surface area (Å²) < 4.78 is 0. The van der Waals surface area contributed by atoms with Crippen molar-refractivity contribution in [1.82, 2.24) is 15.6 Å². The third-order valence-corrected chi connectivity index (χ3v) is 4.53. The number of pyridine rings is 1. The fourth-order valence-corrected chi connectivity index (χ4v) is 2.69. The number of benzene rings is 1. The lowest BCUT2D eigenvalue weighted by Gasteiger charge is -2.31. The lowest BCUT2D eigenvalue weighted by Crippen LogP contribution is -2.49. The van der Waals surface area contributed by atoms with Crippen molar-refractivity contribution in [3.63, 3.8) is 0 Å². The van der Waals surface area contributed by atoms with Gasteiger partial charge in [-0.05, 0) is 48.8 Å². The number of rotatable bonds is 6. The topological polar surface area (TPSA) is 83.1 Å². The zero-order chi connectivity index (χ0) is 17.6. The van der Waals surface area contributed by atoms with Crippen LogP contribution in [0.4, 0.5) is 5.69 Å². The molecule has 0 bridgehead atoms. The Labute approximate surface area is 147 Å². The van der Waals surface area contributed by atoms with Crippen LogP contribution in [-0.4, -0.2) is 29.9 Å². The van der Waals surface area contributed by atoms with Gasteiger partial charge >= 0.3 is 0 Å². The molecule has 1 aliphatic heterocycles. The zero-order valence-corrected chi connectivity index (χ0v) is 14.2. The summed E-state index contributed by atoms with van der Waals surface area (Å²) in [6.45, 7) is 4.23. The van der Waals surface area contributed by atoms with Gasteiger partial charge in [0.25, 0.3) is 5.91 Å². The molecule has 6 nitrogen and oxygen atoms in total. The van der Waals surface area contributed by atoms with Crippen LogP contribution < -0.4 is 16.0 Å². The van der Waals surface area contributed by atoms with E-state index >= 15 is 0 Å². The largest absolute Gasteiger partial charge is 0.352 e. The van der Waals surface area contributed by atoms with Crippen LogP contribution in [0.25, 0.3) is 0 Å². The highest BCUT2D eigenvalue weighted by Crippen LogP contribution is 2.16. The molecule has 0 radical (unpaired) electrons. The SMILES string of the molecule is CC(C(=O)NCc1cccc(NC(=O)c2ccncc2)c1)C1CNC1.